The van der Waals surface area contributed by atoms with Crippen molar-refractivity contribution >= 4 is 17.5 Å². The molecule has 0 spiro atoms. The number of rotatable bonds is 8. The first-order valence-corrected chi connectivity index (χ1v) is 10.4. The molecule has 9 heteroatoms. The molecule has 168 valence electrons. The Morgan fingerprint density at radius 3 is 2.55 bits per heavy atom. The lowest BCUT2D eigenvalue weighted by Gasteiger charge is -2.06. The highest BCUT2D eigenvalue weighted by Crippen LogP contribution is 2.14. The quantitative estimate of drug-likeness (QED) is 0.435. The summed E-state index contributed by atoms with van der Waals surface area (Å²) in [5.41, 5.74) is 3.46. The Hall–Kier alpha value is -4.27. The van der Waals surface area contributed by atoms with E-state index < -0.39 is 0 Å². The van der Waals surface area contributed by atoms with Crippen molar-refractivity contribution in [1.82, 2.24) is 24.9 Å². The van der Waals surface area contributed by atoms with Gasteiger partial charge >= 0.3 is 0 Å². The minimum Gasteiger partial charge on any atom is -0.352 e. The normalized spacial score (nSPS) is 10.7. The molecule has 4 rings (SSSR count). The lowest BCUT2D eigenvalue weighted by molar-refractivity contribution is -0.115. The molecule has 2 heterocycles. The maximum Gasteiger partial charge on any atom is 0.251 e. The van der Waals surface area contributed by atoms with E-state index in [4.69, 9.17) is 0 Å². The van der Waals surface area contributed by atoms with Crippen LogP contribution in [0.25, 0.3) is 5.69 Å². The van der Waals surface area contributed by atoms with E-state index >= 15 is 0 Å². The van der Waals surface area contributed by atoms with Crippen LogP contribution < -0.4 is 10.6 Å². The van der Waals surface area contributed by atoms with Crippen LogP contribution in [-0.2, 0) is 24.7 Å². The van der Waals surface area contributed by atoms with E-state index in [2.05, 4.69) is 20.8 Å². The fourth-order valence-electron chi connectivity index (χ4n) is 3.36. The average Bonchev–Trinajstić information content (AvgIpc) is 3.42. The summed E-state index contributed by atoms with van der Waals surface area (Å²) in [5.74, 6) is -0.798. The predicted octanol–water partition coefficient (Wildman–Crippen LogP) is 2.90. The minimum absolute atomic E-state index is 0.0630. The second-order valence-electron chi connectivity index (χ2n) is 7.60. The van der Waals surface area contributed by atoms with Gasteiger partial charge in [-0.3, -0.25) is 14.3 Å². The van der Waals surface area contributed by atoms with E-state index in [0.717, 1.165) is 11.3 Å². The molecule has 2 aromatic heterocycles. The lowest BCUT2D eigenvalue weighted by Crippen LogP contribution is -2.25. The van der Waals surface area contributed by atoms with Crippen LogP contribution in [0, 0.1) is 5.82 Å². The molecule has 0 fully saturated rings. The molecule has 0 bridgehead atoms. The van der Waals surface area contributed by atoms with Crippen molar-refractivity contribution in [2.45, 2.75) is 12.8 Å². The summed E-state index contributed by atoms with van der Waals surface area (Å²) in [6.07, 6.45) is 7.67. The maximum atomic E-state index is 13.3. The molecule has 0 unspecified atom stereocenters. The van der Waals surface area contributed by atoms with Crippen LogP contribution in [0.4, 0.5) is 10.1 Å². The molecule has 0 aliphatic heterocycles. The molecule has 2 amide bonds. The summed E-state index contributed by atoms with van der Waals surface area (Å²) in [6.45, 7) is 0.518. The largest absolute Gasteiger partial charge is 0.352 e. The lowest BCUT2D eigenvalue weighted by atomic mass is 10.1. The number of hydrogen-bond acceptors (Lipinski definition) is 4. The summed E-state index contributed by atoms with van der Waals surface area (Å²) in [6, 6.07) is 12.9. The van der Waals surface area contributed by atoms with Gasteiger partial charge < -0.3 is 10.6 Å². The summed E-state index contributed by atoms with van der Waals surface area (Å²) < 4.78 is 16.6. The molecule has 0 aliphatic carbocycles. The molecule has 0 radical (unpaired) electrons. The number of nitrogens with one attached hydrogen (secondary N) is 2. The van der Waals surface area contributed by atoms with E-state index in [0.29, 0.717) is 29.8 Å². The van der Waals surface area contributed by atoms with E-state index in [1.807, 2.05) is 13.2 Å². The van der Waals surface area contributed by atoms with E-state index in [1.165, 1.54) is 18.3 Å². The zero-order chi connectivity index (χ0) is 23.2. The van der Waals surface area contributed by atoms with Gasteiger partial charge in [-0.2, -0.15) is 10.2 Å². The first-order valence-electron chi connectivity index (χ1n) is 10.4. The number of anilines is 1. The van der Waals surface area contributed by atoms with E-state index in [1.54, 1.807) is 58.2 Å². The van der Waals surface area contributed by atoms with Gasteiger partial charge in [-0.25, -0.2) is 9.07 Å². The number of amides is 2. The third-order valence-corrected chi connectivity index (χ3v) is 4.97. The Balaban J connectivity index is 1.30. The van der Waals surface area contributed by atoms with Crippen molar-refractivity contribution in [1.29, 1.82) is 0 Å². The zero-order valence-electron chi connectivity index (χ0n) is 18.0. The van der Waals surface area contributed by atoms with Crippen LogP contribution in [0.2, 0.25) is 0 Å². The third-order valence-electron chi connectivity index (χ3n) is 4.97. The maximum absolute atomic E-state index is 13.3. The third kappa shape index (κ3) is 5.91. The highest BCUT2D eigenvalue weighted by Gasteiger charge is 2.09. The van der Waals surface area contributed by atoms with Crippen LogP contribution >= 0.6 is 0 Å². The summed E-state index contributed by atoms with van der Waals surface area (Å²) in [4.78, 5) is 24.6. The van der Waals surface area contributed by atoms with Gasteiger partial charge in [-0.1, -0.05) is 12.1 Å². The summed E-state index contributed by atoms with van der Waals surface area (Å²) >= 11 is 0. The smallest absolute Gasteiger partial charge is 0.251 e. The van der Waals surface area contributed by atoms with Crippen molar-refractivity contribution in [2.24, 2.45) is 7.05 Å². The minimum atomic E-state index is -0.376. The number of carbonyl (C=O) groups excluding carboxylic acids is 2. The number of halogens is 1. The Kier molecular flexibility index (Phi) is 6.58. The summed E-state index contributed by atoms with van der Waals surface area (Å²) in [5, 5.41) is 14.0. The van der Waals surface area contributed by atoms with Gasteiger partial charge in [-0.15, -0.1) is 0 Å². The predicted molar refractivity (Wildman–Crippen MR) is 122 cm³/mol. The van der Waals surface area contributed by atoms with Crippen molar-refractivity contribution in [3.05, 3.63) is 95.8 Å². The molecule has 8 nitrogen and oxygen atoms in total. The number of benzene rings is 2. The Bertz CT molecular complexity index is 1260. The van der Waals surface area contributed by atoms with Crippen molar-refractivity contribution in [3.8, 4) is 5.69 Å². The Labute approximate surface area is 190 Å². The number of aryl methyl sites for hydroxylation is 1. The number of carbonyl (C=O) groups is 2. The second kappa shape index (κ2) is 9.90. The molecule has 2 aromatic carbocycles. The first-order chi connectivity index (χ1) is 16.0. The average molecular weight is 446 g/mol. The monoisotopic (exact) mass is 446 g/mol. The molecule has 0 aliphatic rings. The Morgan fingerprint density at radius 2 is 1.82 bits per heavy atom. The summed E-state index contributed by atoms with van der Waals surface area (Å²) in [7, 11) is 1.85. The van der Waals surface area contributed by atoms with Crippen LogP contribution in [0.15, 0.2) is 73.3 Å². The van der Waals surface area contributed by atoms with E-state index in [-0.39, 0.29) is 24.1 Å². The van der Waals surface area contributed by atoms with Crippen LogP contribution in [-0.4, -0.2) is 37.9 Å². The standard InChI is InChI=1S/C24H23FN6O2/c1-30-15-18(13-27-30)9-10-26-24(33)19-5-7-22(8-6-19)31-16-21(14-28-31)29-23(32)12-17-3-2-4-20(25)11-17/h2-8,11,13-16H,9-10,12H2,1H3,(H,26,33)(H,29,32). The highest BCUT2D eigenvalue weighted by molar-refractivity contribution is 5.94. The van der Waals surface area contributed by atoms with Gasteiger partial charge in [0, 0.05) is 25.4 Å². The second-order valence-corrected chi connectivity index (χ2v) is 7.60. The van der Waals surface area contributed by atoms with Crippen molar-refractivity contribution in [3.63, 3.8) is 0 Å². The van der Waals surface area contributed by atoms with Gasteiger partial charge in [0.1, 0.15) is 5.82 Å². The van der Waals surface area contributed by atoms with Gasteiger partial charge in [0.05, 0.1) is 36.4 Å². The van der Waals surface area contributed by atoms with Crippen molar-refractivity contribution in [2.75, 3.05) is 11.9 Å². The zero-order valence-corrected chi connectivity index (χ0v) is 18.0. The number of aromatic nitrogens is 4. The van der Waals surface area contributed by atoms with Crippen molar-refractivity contribution < 1.29 is 14.0 Å². The van der Waals surface area contributed by atoms with Crippen LogP contribution in [0.5, 0.6) is 0 Å². The molecule has 2 N–H and O–H groups in total. The molecular formula is C24H23FN6O2. The molecule has 4 aromatic rings. The van der Waals surface area contributed by atoms with E-state index in [9.17, 15) is 14.0 Å². The SMILES string of the molecule is Cn1cc(CCNC(=O)c2ccc(-n3cc(NC(=O)Cc4cccc(F)c4)cn3)cc2)cn1. The highest BCUT2D eigenvalue weighted by atomic mass is 19.1. The first kappa shape index (κ1) is 21.9. The molecule has 0 saturated carbocycles. The number of nitrogens with zero attached hydrogens (tertiary/aromatic N) is 4. The van der Waals surface area contributed by atoms with Crippen LogP contribution in [0.3, 0.4) is 0 Å². The number of hydrogen-bond donors (Lipinski definition) is 2. The topological polar surface area (TPSA) is 93.8 Å². The molecule has 33 heavy (non-hydrogen) atoms. The van der Waals surface area contributed by atoms with Crippen LogP contribution in [0.1, 0.15) is 21.5 Å². The fraction of sp³-hybridized carbons (Fsp3) is 0.167. The fourth-order valence-corrected chi connectivity index (χ4v) is 3.36. The Morgan fingerprint density at radius 1 is 1.00 bits per heavy atom. The van der Waals surface area contributed by atoms with Gasteiger partial charge in [0.2, 0.25) is 5.91 Å². The molecule has 0 saturated heterocycles. The van der Waals surface area contributed by atoms with Gasteiger partial charge in [0.15, 0.2) is 0 Å². The molecule has 0 atom stereocenters. The van der Waals surface area contributed by atoms with Gasteiger partial charge in [-0.05, 0) is 53.9 Å². The molecular weight excluding hydrogens is 423 g/mol. The van der Waals surface area contributed by atoms with Gasteiger partial charge in [0.25, 0.3) is 5.91 Å².